The lowest BCUT2D eigenvalue weighted by Crippen LogP contribution is -2.29. The highest BCUT2D eigenvalue weighted by Gasteiger charge is 2.11. The first kappa shape index (κ1) is 21.5. The van der Waals surface area contributed by atoms with Gasteiger partial charge < -0.3 is 20.4 Å². The lowest BCUT2D eigenvalue weighted by Gasteiger charge is -2.23. The Morgan fingerprint density at radius 1 is 0.812 bits per heavy atom. The van der Waals surface area contributed by atoms with Gasteiger partial charge in [0.2, 0.25) is 0 Å². The van der Waals surface area contributed by atoms with Crippen molar-refractivity contribution >= 4 is 33.7 Å². The fourth-order valence-corrected chi connectivity index (χ4v) is 3.67. The number of aliphatic hydroxyl groups excluding tert-OH is 2. The third-order valence-corrected chi connectivity index (χ3v) is 5.31. The van der Waals surface area contributed by atoms with Crippen molar-refractivity contribution in [2.24, 2.45) is 0 Å². The van der Waals surface area contributed by atoms with Crippen LogP contribution in [0.5, 0.6) is 0 Å². The van der Waals surface area contributed by atoms with Gasteiger partial charge >= 0.3 is 0 Å². The zero-order valence-corrected chi connectivity index (χ0v) is 17.6. The Morgan fingerprint density at radius 3 is 2.09 bits per heavy atom. The Kier molecular flexibility index (Phi) is 6.75. The lowest BCUT2D eigenvalue weighted by atomic mass is 10.0. The maximum absolute atomic E-state index is 12.9. The van der Waals surface area contributed by atoms with Crippen molar-refractivity contribution < 1.29 is 15.0 Å². The van der Waals surface area contributed by atoms with Crippen molar-refractivity contribution in [3.63, 3.8) is 0 Å². The van der Waals surface area contributed by atoms with E-state index in [1.54, 1.807) is 18.3 Å². The zero-order valence-electron chi connectivity index (χ0n) is 17.6. The summed E-state index contributed by atoms with van der Waals surface area (Å²) in [4.78, 5) is 19.2. The fraction of sp³-hybridized carbons (Fsp3) is 0.154. The van der Waals surface area contributed by atoms with Crippen LogP contribution in [0, 0.1) is 0 Å². The van der Waals surface area contributed by atoms with E-state index in [-0.39, 0.29) is 19.0 Å². The van der Waals surface area contributed by atoms with Gasteiger partial charge in [0.15, 0.2) is 5.78 Å². The van der Waals surface area contributed by atoms with Gasteiger partial charge in [0.1, 0.15) is 0 Å². The van der Waals surface area contributed by atoms with Gasteiger partial charge in [-0.25, -0.2) is 0 Å². The number of anilines is 3. The molecular formula is C26H25N3O3. The second kappa shape index (κ2) is 10.0. The standard InChI is InChI=1S/C26H25N3O3/c30-17-15-29(16-18-31)22-11-7-20(8-12-22)26(32)19-5-9-21(10-6-19)28-25-13-14-27-24-4-2-1-3-23(24)25/h1-14,30-31H,15-18H2,(H,27,28). The maximum atomic E-state index is 12.9. The smallest absolute Gasteiger partial charge is 0.193 e. The van der Waals surface area contributed by atoms with Crippen LogP contribution in [0.2, 0.25) is 0 Å². The van der Waals surface area contributed by atoms with Crippen LogP contribution in [0.25, 0.3) is 10.9 Å². The average Bonchev–Trinajstić information content (AvgIpc) is 2.84. The summed E-state index contributed by atoms with van der Waals surface area (Å²) in [5.41, 5.74) is 4.81. The topological polar surface area (TPSA) is 85.7 Å². The summed E-state index contributed by atoms with van der Waals surface area (Å²) in [5, 5.41) is 22.8. The highest BCUT2D eigenvalue weighted by Crippen LogP contribution is 2.25. The van der Waals surface area contributed by atoms with E-state index in [1.807, 2.05) is 71.6 Å². The summed E-state index contributed by atoms with van der Waals surface area (Å²) in [7, 11) is 0. The van der Waals surface area contributed by atoms with Crippen LogP contribution in [-0.2, 0) is 0 Å². The van der Waals surface area contributed by atoms with Crippen molar-refractivity contribution in [1.29, 1.82) is 0 Å². The van der Waals surface area contributed by atoms with E-state index in [0.717, 1.165) is 28.0 Å². The molecule has 0 spiro atoms. The molecule has 0 radical (unpaired) electrons. The largest absolute Gasteiger partial charge is 0.395 e. The molecule has 0 fully saturated rings. The van der Waals surface area contributed by atoms with Crippen LogP contribution < -0.4 is 10.2 Å². The number of para-hydroxylation sites is 1. The third kappa shape index (κ3) is 4.77. The number of hydrogen-bond donors (Lipinski definition) is 3. The Hall–Kier alpha value is -3.74. The molecule has 6 heteroatoms. The number of pyridine rings is 1. The third-order valence-electron chi connectivity index (χ3n) is 5.31. The quantitative estimate of drug-likeness (QED) is 0.350. The van der Waals surface area contributed by atoms with Crippen LogP contribution in [0.3, 0.4) is 0 Å². The summed E-state index contributed by atoms with van der Waals surface area (Å²) in [6, 6.07) is 24.5. The number of ketones is 1. The number of hydrogen-bond acceptors (Lipinski definition) is 6. The molecule has 0 saturated heterocycles. The Bertz CT molecular complexity index is 1180. The summed E-state index contributed by atoms with van der Waals surface area (Å²) >= 11 is 0. The van der Waals surface area contributed by atoms with Crippen LogP contribution in [-0.4, -0.2) is 47.3 Å². The minimum atomic E-state index is -0.0617. The predicted molar refractivity (Wildman–Crippen MR) is 128 cm³/mol. The van der Waals surface area contributed by atoms with E-state index < -0.39 is 0 Å². The molecule has 0 atom stereocenters. The van der Waals surface area contributed by atoms with Crippen LogP contribution in [0.1, 0.15) is 15.9 Å². The highest BCUT2D eigenvalue weighted by molar-refractivity contribution is 6.09. The van der Waals surface area contributed by atoms with Gasteiger partial charge in [-0.2, -0.15) is 0 Å². The normalized spacial score (nSPS) is 10.8. The summed E-state index contributed by atoms with van der Waals surface area (Å²) in [5.74, 6) is -0.0617. The van der Waals surface area contributed by atoms with Gasteiger partial charge in [0.25, 0.3) is 0 Å². The molecule has 0 bridgehead atoms. The first-order chi connectivity index (χ1) is 15.7. The van der Waals surface area contributed by atoms with E-state index in [1.165, 1.54) is 0 Å². The highest BCUT2D eigenvalue weighted by atomic mass is 16.3. The average molecular weight is 428 g/mol. The molecule has 0 amide bonds. The Labute approximate surface area is 186 Å². The zero-order chi connectivity index (χ0) is 22.3. The molecule has 3 N–H and O–H groups in total. The number of carbonyl (C=O) groups excluding carboxylic acids is 1. The molecule has 1 aromatic heterocycles. The second-order valence-electron chi connectivity index (χ2n) is 7.39. The van der Waals surface area contributed by atoms with Crippen molar-refractivity contribution in [2.45, 2.75) is 0 Å². The minimum Gasteiger partial charge on any atom is -0.395 e. The number of carbonyl (C=O) groups is 1. The van der Waals surface area contributed by atoms with Gasteiger partial charge in [-0.05, 0) is 60.7 Å². The second-order valence-corrected chi connectivity index (χ2v) is 7.39. The molecular weight excluding hydrogens is 402 g/mol. The lowest BCUT2D eigenvalue weighted by molar-refractivity contribution is 0.103. The molecule has 4 rings (SSSR count). The molecule has 0 aliphatic rings. The molecule has 0 aliphatic carbocycles. The van der Waals surface area contributed by atoms with Crippen LogP contribution >= 0.6 is 0 Å². The maximum Gasteiger partial charge on any atom is 0.193 e. The summed E-state index contributed by atoms with van der Waals surface area (Å²) in [6.07, 6.45) is 1.77. The van der Waals surface area contributed by atoms with Gasteiger partial charge in [-0.3, -0.25) is 9.78 Å². The number of rotatable bonds is 9. The van der Waals surface area contributed by atoms with E-state index in [4.69, 9.17) is 0 Å². The number of benzene rings is 3. The molecule has 32 heavy (non-hydrogen) atoms. The van der Waals surface area contributed by atoms with Gasteiger partial charge in [0, 0.05) is 52.9 Å². The number of aromatic nitrogens is 1. The van der Waals surface area contributed by atoms with Crippen molar-refractivity contribution in [3.8, 4) is 0 Å². The van der Waals surface area contributed by atoms with E-state index >= 15 is 0 Å². The van der Waals surface area contributed by atoms with Crippen molar-refractivity contribution in [2.75, 3.05) is 36.5 Å². The van der Waals surface area contributed by atoms with E-state index in [9.17, 15) is 15.0 Å². The molecule has 162 valence electrons. The monoisotopic (exact) mass is 427 g/mol. The first-order valence-corrected chi connectivity index (χ1v) is 10.5. The molecule has 1 heterocycles. The Morgan fingerprint density at radius 2 is 1.44 bits per heavy atom. The Balaban J connectivity index is 1.48. The fourth-order valence-electron chi connectivity index (χ4n) is 3.67. The number of nitrogens with zero attached hydrogens (tertiary/aromatic N) is 2. The molecule has 0 saturated carbocycles. The van der Waals surface area contributed by atoms with Crippen LogP contribution in [0.4, 0.5) is 17.1 Å². The molecule has 0 unspecified atom stereocenters. The molecule has 0 aliphatic heterocycles. The SMILES string of the molecule is O=C(c1ccc(Nc2ccnc3ccccc23)cc1)c1ccc(N(CCO)CCO)cc1. The molecule has 3 aromatic carbocycles. The van der Waals surface area contributed by atoms with E-state index in [2.05, 4.69) is 10.3 Å². The summed E-state index contributed by atoms with van der Waals surface area (Å²) in [6.45, 7) is 0.844. The van der Waals surface area contributed by atoms with Crippen molar-refractivity contribution in [1.82, 2.24) is 4.98 Å². The summed E-state index contributed by atoms with van der Waals surface area (Å²) < 4.78 is 0. The molecule has 4 aromatic rings. The number of nitrogens with one attached hydrogen (secondary N) is 1. The molecule has 6 nitrogen and oxygen atoms in total. The minimum absolute atomic E-state index is 0.00362. The van der Waals surface area contributed by atoms with Gasteiger partial charge in [0.05, 0.1) is 18.7 Å². The van der Waals surface area contributed by atoms with Crippen molar-refractivity contribution in [3.05, 3.63) is 96.2 Å². The first-order valence-electron chi connectivity index (χ1n) is 10.5. The number of aliphatic hydroxyl groups is 2. The van der Waals surface area contributed by atoms with Gasteiger partial charge in [-0.1, -0.05) is 18.2 Å². The predicted octanol–water partition coefficient (Wildman–Crippen LogP) is 4.00. The van der Waals surface area contributed by atoms with E-state index in [0.29, 0.717) is 24.2 Å². The van der Waals surface area contributed by atoms with Gasteiger partial charge in [-0.15, -0.1) is 0 Å². The number of fused-ring (bicyclic) bond motifs is 1. The van der Waals surface area contributed by atoms with Crippen LogP contribution in [0.15, 0.2) is 85.1 Å².